The number of aromatic nitrogens is 2. The van der Waals surface area contributed by atoms with Gasteiger partial charge in [0.05, 0.1) is 17.9 Å². The third-order valence-corrected chi connectivity index (χ3v) is 4.28. The second-order valence-electron chi connectivity index (χ2n) is 6.11. The van der Waals surface area contributed by atoms with Crippen LogP contribution in [-0.2, 0) is 12.7 Å². The van der Waals surface area contributed by atoms with E-state index in [0.717, 1.165) is 21.7 Å². The molecule has 0 atom stereocenters. The molecule has 0 spiro atoms. The van der Waals surface area contributed by atoms with E-state index >= 15 is 0 Å². The third-order valence-electron chi connectivity index (χ3n) is 4.05. The number of carbonyl (C=O) groups is 1. The van der Waals surface area contributed by atoms with E-state index in [-0.39, 0.29) is 12.2 Å². The van der Waals surface area contributed by atoms with Crippen molar-refractivity contribution in [1.29, 1.82) is 0 Å². The predicted molar refractivity (Wildman–Crippen MR) is 101 cm³/mol. The molecule has 3 aromatic rings. The average Bonchev–Trinajstić information content (AvgIpc) is 3.10. The fourth-order valence-electron chi connectivity index (χ4n) is 2.60. The number of urea groups is 1. The zero-order valence-electron chi connectivity index (χ0n) is 15.0. The van der Waals surface area contributed by atoms with E-state index in [1.165, 1.54) is 31.3 Å². The maximum absolute atomic E-state index is 13.3. The lowest BCUT2D eigenvalue weighted by atomic mass is 10.3. The molecule has 1 aromatic heterocycles. The van der Waals surface area contributed by atoms with Crippen LogP contribution in [0.25, 0.3) is 5.69 Å². The van der Waals surface area contributed by atoms with Gasteiger partial charge in [-0.05, 0) is 42.5 Å². The molecule has 2 amide bonds. The first-order valence-electron chi connectivity index (χ1n) is 8.34. The summed E-state index contributed by atoms with van der Waals surface area (Å²) in [6.45, 7) is -0.242. The first kappa shape index (κ1) is 20.7. The summed E-state index contributed by atoms with van der Waals surface area (Å²) in [7, 11) is 1.42. The summed E-state index contributed by atoms with van der Waals surface area (Å²) in [4.78, 5) is 13.5. The summed E-state index contributed by atoms with van der Waals surface area (Å²) in [6.07, 6.45) is -4.65. The molecule has 0 bridgehead atoms. The number of halogens is 5. The minimum absolute atomic E-state index is 0.0978. The highest BCUT2D eigenvalue weighted by Crippen LogP contribution is 2.30. The molecule has 0 radical (unpaired) electrons. The zero-order valence-corrected chi connectivity index (χ0v) is 15.8. The van der Waals surface area contributed by atoms with Gasteiger partial charge in [0.25, 0.3) is 0 Å². The molecule has 1 heterocycles. The Morgan fingerprint density at radius 2 is 1.90 bits per heavy atom. The quantitative estimate of drug-likeness (QED) is 0.595. The number of anilines is 1. The van der Waals surface area contributed by atoms with Gasteiger partial charge in [0.2, 0.25) is 0 Å². The maximum atomic E-state index is 13.3. The van der Waals surface area contributed by atoms with Gasteiger partial charge in [-0.3, -0.25) is 4.90 Å². The smallest absolute Gasteiger partial charge is 0.332 e. The highest BCUT2D eigenvalue weighted by Gasteiger charge is 2.35. The number of benzene rings is 2. The van der Waals surface area contributed by atoms with Gasteiger partial charge in [0.15, 0.2) is 5.69 Å². The Bertz CT molecular complexity index is 1040. The van der Waals surface area contributed by atoms with Crippen LogP contribution in [0.1, 0.15) is 11.4 Å². The average molecular weight is 427 g/mol. The SMILES string of the molecule is CN(C(=O)NCc1cc(C(F)(F)F)nn1-c1cccc(Cl)c1)c1cccc(F)c1. The number of hydrogen-bond donors (Lipinski definition) is 1. The topological polar surface area (TPSA) is 50.2 Å². The van der Waals surface area contributed by atoms with Crippen LogP contribution in [0, 0.1) is 5.82 Å². The van der Waals surface area contributed by atoms with Crippen LogP contribution >= 0.6 is 11.6 Å². The number of nitrogens with one attached hydrogen (secondary N) is 1. The molecule has 0 saturated heterocycles. The molecule has 0 aliphatic carbocycles. The summed E-state index contributed by atoms with van der Waals surface area (Å²) >= 11 is 5.92. The maximum Gasteiger partial charge on any atom is 0.435 e. The van der Waals surface area contributed by atoms with Crippen LogP contribution in [0.15, 0.2) is 54.6 Å². The fourth-order valence-corrected chi connectivity index (χ4v) is 2.79. The van der Waals surface area contributed by atoms with Crippen molar-refractivity contribution in [3.05, 3.63) is 76.8 Å². The summed E-state index contributed by atoms with van der Waals surface area (Å²) in [5, 5.41) is 6.44. The Labute approximate surface area is 168 Å². The molecule has 0 fully saturated rings. The number of nitrogens with zero attached hydrogens (tertiary/aromatic N) is 3. The van der Waals surface area contributed by atoms with E-state index in [1.54, 1.807) is 18.2 Å². The molecular formula is C19H15ClF4N4O. The van der Waals surface area contributed by atoms with Crippen molar-refractivity contribution < 1.29 is 22.4 Å². The zero-order chi connectivity index (χ0) is 21.2. The Kier molecular flexibility index (Phi) is 5.78. The molecule has 1 N–H and O–H groups in total. The molecule has 0 unspecified atom stereocenters. The minimum atomic E-state index is -4.65. The minimum Gasteiger partial charge on any atom is -0.332 e. The molecule has 0 saturated carbocycles. The lowest BCUT2D eigenvalue weighted by Crippen LogP contribution is -2.37. The van der Waals surface area contributed by atoms with Crippen LogP contribution in [0.3, 0.4) is 0 Å². The van der Waals surface area contributed by atoms with Crippen LogP contribution in [0.5, 0.6) is 0 Å². The van der Waals surface area contributed by atoms with E-state index in [2.05, 4.69) is 10.4 Å². The lowest BCUT2D eigenvalue weighted by Gasteiger charge is -2.18. The first-order chi connectivity index (χ1) is 13.6. The van der Waals surface area contributed by atoms with Gasteiger partial charge in [0.1, 0.15) is 5.82 Å². The van der Waals surface area contributed by atoms with E-state index in [9.17, 15) is 22.4 Å². The molecule has 10 heteroatoms. The number of amides is 2. The number of hydrogen-bond acceptors (Lipinski definition) is 2. The van der Waals surface area contributed by atoms with Gasteiger partial charge in [0, 0.05) is 17.8 Å². The number of carbonyl (C=O) groups excluding carboxylic acids is 1. The predicted octanol–water partition coefficient (Wildman–Crippen LogP) is 5.03. The van der Waals surface area contributed by atoms with Crippen molar-refractivity contribution >= 4 is 23.3 Å². The van der Waals surface area contributed by atoms with Gasteiger partial charge in [-0.1, -0.05) is 23.7 Å². The largest absolute Gasteiger partial charge is 0.435 e. The summed E-state index contributed by atoms with van der Waals surface area (Å²) in [5.74, 6) is -0.518. The van der Waals surface area contributed by atoms with Gasteiger partial charge >= 0.3 is 12.2 Å². The Hall–Kier alpha value is -3.07. The summed E-state index contributed by atoms with van der Waals surface area (Å²) in [5.41, 5.74) is -0.390. The van der Waals surface area contributed by atoms with Gasteiger partial charge in [-0.15, -0.1) is 0 Å². The second-order valence-corrected chi connectivity index (χ2v) is 6.54. The number of rotatable bonds is 4. The molecule has 0 aliphatic rings. The van der Waals surface area contributed by atoms with Crippen molar-refractivity contribution in [1.82, 2.24) is 15.1 Å². The fraction of sp³-hybridized carbons (Fsp3) is 0.158. The van der Waals surface area contributed by atoms with Crippen molar-refractivity contribution in [2.45, 2.75) is 12.7 Å². The van der Waals surface area contributed by atoms with Crippen LogP contribution in [0.2, 0.25) is 5.02 Å². The van der Waals surface area contributed by atoms with Crippen molar-refractivity contribution in [2.75, 3.05) is 11.9 Å². The number of alkyl halides is 3. The Morgan fingerprint density at radius 3 is 2.55 bits per heavy atom. The molecule has 152 valence electrons. The molecule has 2 aromatic carbocycles. The summed E-state index contributed by atoms with van der Waals surface area (Å²) in [6, 6.07) is 11.8. The Balaban J connectivity index is 1.84. The van der Waals surface area contributed by atoms with Crippen molar-refractivity contribution in [3.63, 3.8) is 0 Å². The molecule has 3 rings (SSSR count). The molecule has 0 aliphatic heterocycles. The van der Waals surface area contributed by atoms with E-state index < -0.39 is 23.7 Å². The van der Waals surface area contributed by atoms with Gasteiger partial charge < -0.3 is 5.32 Å². The van der Waals surface area contributed by atoms with Crippen molar-refractivity contribution in [2.24, 2.45) is 0 Å². The van der Waals surface area contributed by atoms with Crippen molar-refractivity contribution in [3.8, 4) is 5.69 Å². The Morgan fingerprint density at radius 1 is 1.17 bits per heavy atom. The van der Waals surface area contributed by atoms with Gasteiger partial charge in [-0.25, -0.2) is 13.9 Å². The van der Waals surface area contributed by atoms with E-state index in [4.69, 9.17) is 11.6 Å². The van der Waals surface area contributed by atoms with Crippen LogP contribution in [0.4, 0.5) is 28.0 Å². The second kappa shape index (κ2) is 8.12. The third kappa shape index (κ3) is 4.86. The van der Waals surface area contributed by atoms with Crippen LogP contribution in [-0.4, -0.2) is 22.9 Å². The first-order valence-corrected chi connectivity index (χ1v) is 8.72. The van der Waals surface area contributed by atoms with E-state index in [1.807, 2.05) is 0 Å². The highest BCUT2D eigenvalue weighted by molar-refractivity contribution is 6.30. The molecular weight excluding hydrogens is 412 g/mol. The standard InChI is InChI=1S/C19H15ClF4N4O/c1-27(14-6-3-5-13(21)9-14)18(29)25-11-16-10-17(19(22,23)24)26-28(16)15-7-2-4-12(20)8-15/h2-10H,11H2,1H3,(H,25,29). The van der Waals surface area contributed by atoms with Crippen LogP contribution < -0.4 is 10.2 Å². The molecule has 5 nitrogen and oxygen atoms in total. The monoisotopic (exact) mass is 426 g/mol. The summed E-state index contributed by atoms with van der Waals surface area (Å²) < 4.78 is 53.8. The van der Waals surface area contributed by atoms with Gasteiger partial charge in [-0.2, -0.15) is 18.3 Å². The highest BCUT2D eigenvalue weighted by atomic mass is 35.5. The normalized spacial score (nSPS) is 11.4. The molecule has 29 heavy (non-hydrogen) atoms. The lowest BCUT2D eigenvalue weighted by molar-refractivity contribution is -0.141. The van der Waals surface area contributed by atoms with E-state index in [0.29, 0.717) is 16.4 Å².